The Morgan fingerprint density at radius 2 is 1.95 bits per heavy atom. The molecule has 1 aromatic rings. The van der Waals surface area contributed by atoms with E-state index < -0.39 is 23.9 Å². The van der Waals surface area contributed by atoms with E-state index in [1.54, 1.807) is 32.2 Å². The van der Waals surface area contributed by atoms with E-state index in [0.29, 0.717) is 0 Å². The van der Waals surface area contributed by atoms with Crippen LogP contribution in [0.15, 0.2) is 24.3 Å². The molecule has 1 rings (SSSR count). The minimum Gasteiger partial charge on any atom is -0.444 e. The highest BCUT2D eigenvalue weighted by Gasteiger charge is 2.42. The van der Waals surface area contributed by atoms with E-state index in [-0.39, 0.29) is 11.1 Å². The first kappa shape index (κ1) is 16.8. The van der Waals surface area contributed by atoms with Gasteiger partial charge in [-0.05, 0) is 38.5 Å². The van der Waals surface area contributed by atoms with Gasteiger partial charge in [-0.15, -0.1) is 0 Å². The van der Waals surface area contributed by atoms with Gasteiger partial charge in [-0.3, -0.25) is 0 Å². The number of nitrogens with one attached hydrogen (secondary N) is 1. The number of benzene rings is 1. The fourth-order valence-electron chi connectivity index (χ4n) is 1.57. The highest BCUT2D eigenvalue weighted by Crippen LogP contribution is 2.33. The van der Waals surface area contributed by atoms with Crippen molar-refractivity contribution in [1.29, 1.82) is 5.26 Å². The number of nitriles is 1. The minimum atomic E-state index is -4.70. The van der Waals surface area contributed by atoms with E-state index in [9.17, 15) is 18.0 Å². The zero-order valence-corrected chi connectivity index (χ0v) is 11.8. The summed E-state index contributed by atoms with van der Waals surface area (Å²) in [7, 11) is 0. The van der Waals surface area contributed by atoms with Gasteiger partial charge in [-0.1, -0.05) is 12.1 Å². The third kappa shape index (κ3) is 5.34. The average molecular weight is 300 g/mol. The second-order valence-electron chi connectivity index (χ2n) is 5.36. The highest BCUT2D eigenvalue weighted by atomic mass is 19.4. The number of alkyl halides is 3. The fourth-order valence-corrected chi connectivity index (χ4v) is 1.57. The maximum atomic E-state index is 13.1. The maximum Gasteiger partial charge on any atom is 0.412 e. The molecule has 1 amide bonds. The zero-order valence-electron chi connectivity index (χ0n) is 11.8. The molecule has 0 spiro atoms. The summed E-state index contributed by atoms with van der Waals surface area (Å²) in [5.41, 5.74) is -1.06. The van der Waals surface area contributed by atoms with Crippen molar-refractivity contribution in [2.24, 2.45) is 0 Å². The van der Waals surface area contributed by atoms with Gasteiger partial charge < -0.3 is 10.1 Å². The van der Waals surface area contributed by atoms with Crippen molar-refractivity contribution in [3.63, 3.8) is 0 Å². The first-order valence-corrected chi connectivity index (χ1v) is 6.09. The molecule has 7 heteroatoms. The Bertz CT molecular complexity index is 557. The second kappa shape index (κ2) is 6.04. The van der Waals surface area contributed by atoms with E-state index in [4.69, 9.17) is 10.00 Å². The van der Waals surface area contributed by atoms with Crippen LogP contribution < -0.4 is 5.32 Å². The number of hydrogen-bond donors (Lipinski definition) is 1. The molecule has 0 fully saturated rings. The topological polar surface area (TPSA) is 62.1 Å². The first-order chi connectivity index (χ1) is 9.53. The van der Waals surface area contributed by atoms with Crippen LogP contribution in [-0.4, -0.2) is 17.9 Å². The molecule has 0 saturated carbocycles. The lowest BCUT2D eigenvalue weighted by Gasteiger charge is -2.25. The minimum absolute atomic E-state index is 0.0766. The maximum absolute atomic E-state index is 13.1. The van der Waals surface area contributed by atoms with Crippen LogP contribution in [-0.2, 0) is 4.74 Å². The molecule has 0 radical (unpaired) electrons. The Balaban J connectivity index is 3.02. The van der Waals surface area contributed by atoms with Gasteiger partial charge in [0.15, 0.2) is 6.04 Å². The van der Waals surface area contributed by atoms with Crippen LogP contribution in [0.4, 0.5) is 18.0 Å². The summed E-state index contributed by atoms with van der Waals surface area (Å²) >= 11 is 0. The number of rotatable bonds is 2. The van der Waals surface area contributed by atoms with E-state index in [1.807, 2.05) is 0 Å². The zero-order chi connectivity index (χ0) is 16.3. The lowest BCUT2D eigenvalue weighted by molar-refractivity contribution is -0.156. The number of halogens is 3. The second-order valence-corrected chi connectivity index (χ2v) is 5.36. The van der Waals surface area contributed by atoms with Crippen molar-refractivity contribution >= 4 is 6.09 Å². The van der Waals surface area contributed by atoms with Crippen molar-refractivity contribution in [3.05, 3.63) is 35.4 Å². The molecule has 4 nitrogen and oxygen atoms in total. The van der Waals surface area contributed by atoms with Crippen LogP contribution in [0.1, 0.15) is 37.9 Å². The number of nitrogens with zero attached hydrogens (tertiary/aromatic N) is 1. The smallest absolute Gasteiger partial charge is 0.412 e. The molecule has 0 heterocycles. The Morgan fingerprint density at radius 1 is 1.33 bits per heavy atom. The monoisotopic (exact) mass is 300 g/mol. The van der Waals surface area contributed by atoms with Gasteiger partial charge in [0.05, 0.1) is 11.6 Å². The normalized spacial score (nSPS) is 13.2. The predicted octanol–water partition coefficient (Wildman–Crippen LogP) is 3.69. The third-order valence-corrected chi connectivity index (χ3v) is 2.34. The lowest BCUT2D eigenvalue weighted by Crippen LogP contribution is -2.41. The van der Waals surface area contributed by atoms with E-state index in [0.717, 1.165) is 6.07 Å². The Labute approximate surface area is 120 Å². The largest absolute Gasteiger partial charge is 0.444 e. The van der Waals surface area contributed by atoms with Crippen LogP contribution in [0, 0.1) is 11.3 Å². The summed E-state index contributed by atoms with van der Waals surface area (Å²) in [6.45, 7) is 4.64. The van der Waals surface area contributed by atoms with Crippen molar-refractivity contribution < 1.29 is 22.7 Å². The molecule has 0 aromatic heterocycles. The SMILES string of the molecule is CC(C)(C)OC(=O)N[C@H](c1cccc(C#N)c1)C(F)(F)F. The van der Waals surface area contributed by atoms with Crippen molar-refractivity contribution in [2.75, 3.05) is 0 Å². The summed E-state index contributed by atoms with van der Waals surface area (Å²) in [4.78, 5) is 11.5. The van der Waals surface area contributed by atoms with Crippen LogP contribution in [0.2, 0.25) is 0 Å². The number of carbonyl (C=O) groups excluding carboxylic acids is 1. The van der Waals surface area contributed by atoms with E-state index >= 15 is 0 Å². The molecule has 1 N–H and O–H groups in total. The van der Waals surface area contributed by atoms with E-state index in [1.165, 1.54) is 18.2 Å². The van der Waals surface area contributed by atoms with Crippen LogP contribution in [0.3, 0.4) is 0 Å². The number of hydrogen-bond acceptors (Lipinski definition) is 3. The molecular weight excluding hydrogens is 285 g/mol. The van der Waals surface area contributed by atoms with Gasteiger partial charge in [-0.2, -0.15) is 18.4 Å². The lowest BCUT2D eigenvalue weighted by atomic mass is 10.0. The summed E-state index contributed by atoms with van der Waals surface area (Å²) in [6.07, 6.45) is -5.88. The van der Waals surface area contributed by atoms with Crippen LogP contribution in [0.25, 0.3) is 0 Å². The molecule has 0 unspecified atom stereocenters. The molecule has 0 aliphatic carbocycles. The Kier molecular flexibility index (Phi) is 4.84. The van der Waals surface area contributed by atoms with Gasteiger partial charge in [0.25, 0.3) is 0 Å². The number of alkyl carbamates (subject to hydrolysis) is 1. The molecule has 0 aliphatic rings. The average Bonchev–Trinajstić information content (AvgIpc) is 2.32. The molecule has 0 aliphatic heterocycles. The molecule has 1 aromatic carbocycles. The molecule has 0 saturated heterocycles. The van der Waals surface area contributed by atoms with Crippen LogP contribution >= 0.6 is 0 Å². The van der Waals surface area contributed by atoms with Crippen molar-refractivity contribution in [2.45, 2.75) is 38.6 Å². The van der Waals surface area contributed by atoms with Gasteiger partial charge in [0.2, 0.25) is 0 Å². The number of amides is 1. The number of carbonyl (C=O) groups is 1. The Morgan fingerprint density at radius 3 is 2.43 bits per heavy atom. The summed E-state index contributed by atoms with van der Waals surface area (Å²) < 4.78 is 44.1. The summed E-state index contributed by atoms with van der Waals surface area (Å²) in [5.74, 6) is 0. The first-order valence-electron chi connectivity index (χ1n) is 6.09. The highest BCUT2D eigenvalue weighted by molar-refractivity contribution is 5.68. The van der Waals surface area contributed by atoms with Gasteiger partial charge >= 0.3 is 12.3 Å². The fraction of sp³-hybridized carbons (Fsp3) is 0.429. The molecule has 114 valence electrons. The molecule has 1 atom stereocenters. The van der Waals surface area contributed by atoms with Crippen molar-refractivity contribution in [3.8, 4) is 6.07 Å². The number of ether oxygens (including phenoxy) is 1. The predicted molar refractivity (Wildman–Crippen MR) is 69.3 cm³/mol. The summed E-state index contributed by atoms with van der Waals surface area (Å²) in [5, 5.41) is 10.5. The van der Waals surface area contributed by atoms with Gasteiger partial charge in [0, 0.05) is 0 Å². The third-order valence-electron chi connectivity index (χ3n) is 2.34. The molecule has 21 heavy (non-hydrogen) atoms. The Hall–Kier alpha value is -2.23. The summed E-state index contributed by atoms with van der Waals surface area (Å²) in [6, 6.07) is 4.49. The molecule has 0 bridgehead atoms. The van der Waals surface area contributed by atoms with Crippen molar-refractivity contribution in [1.82, 2.24) is 5.32 Å². The standard InChI is InChI=1S/C14H15F3N2O2/c1-13(2,3)21-12(20)19-11(14(15,16)17)10-6-4-5-9(7-10)8-18/h4-7,11H,1-3H3,(H,19,20)/t11-/m1/s1. The van der Waals surface area contributed by atoms with Crippen LogP contribution in [0.5, 0.6) is 0 Å². The molecular formula is C14H15F3N2O2. The van der Waals surface area contributed by atoms with Gasteiger partial charge in [0.1, 0.15) is 5.60 Å². The quantitative estimate of drug-likeness (QED) is 0.906. The van der Waals surface area contributed by atoms with E-state index in [2.05, 4.69) is 0 Å². The van der Waals surface area contributed by atoms with Gasteiger partial charge in [-0.25, -0.2) is 4.79 Å².